The van der Waals surface area contributed by atoms with Crippen molar-refractivity contribution in [3.8, 4) is 0 Å². The molecule has 2 fully saturated rings. The van der Waals surface area contributed by atoms with E-state index in [1.807, 2.05) is 0 Å². The number of likely N-dealkylation sites (tertiary alicyclic amines) is 1. The normalized spacial score (nSPS) is 32.6. The highest BCUT2D eigenvalue weighted by Crippen LogP contribution is 2.38. The van der Waals surface area contributed by atoms with Crippen LogP contribution in [0.3, 0.4) is 0 Å². The first-order valence-corrected chi connectivity index (χ1v) is 8.79. The molecule has 0 spiro atoms. The van der Waals surface area contributed by atoms with Gasteiger partial charge in [-0.25, -0.2) is 0 Å². The number of hydrogen-bond acceptors (Lipinski definition) is 3. The quantitative estimate of drug-likeness (QED) is 0.817. The van der Waals surface area contributed by atoms with E-state index in [9.17, 15) is 4.79 Å². The van der Waals surface area contributed by atoms with Gasteiger partial charge in [0.05, 0.1) is 5.41 Å². The molecule has 0 aromatic heterocycles. The smallest absolute Gasteiger partial charge is 0.227 e. The van der Waals surface area contributed by atoms with E-state index in [0.29, 0.717) is 6.54 Å². The van der Waals surface area contributed by atoms with Crippen molar-refractivity contribution < 1.29 is 4.79 Å². The topological polar surface area (TPSA) is 58.4 Å². The van der Waals surface area contributed by atoms with E-state index >= 15 is 0 Å². The number of nitrogens with two attached hydrogens (primary N) is 1. The highest BCUT2D eigenvalue weighted by molar-refractivity contribution is 5.83. The Labute approximate surface area is 129 Å². The molecule has 0 aromatic carbocycles. The lowest BCUT2D eigenvalue weighted by Crippen LogP contribution is -2.52. The summed E-state index contributed by atoms with van der Waals surface area (Å²) < 4.78 is 0. The lowest BCUT2D eigenvalue weighted by Gasteiger charge is -2.38. The third-order valence-corrected chi connectivity index (χ3v) is 5.46. The highest BCUT2D eigenvalue weighted by Gasteiger charge is 2.40. The second kappa shape index (κ2) is 7.59. The summed E-state index contributed by atoms with van der Waals surface area (Å²) in [5, 5.41) is 3.24. The zero-order chi connectivity index (χ0) is 15.3. The van der Waals surface area contributed by atoms with Gasteiger partial charge >= 0.3 is 0 Å². The van der Waals surface area contributed by atoms with Gasteiger partial charge < -0.3 is 16.0 Å². The van der Waals surface area contributed by atoms with Gasteiger partial charge in [-0.2, -0.15) is 0 Å². The first kappa shape index (κ1) is 16.8. The maximum absolute atomic E-state index is 12.7. The van der Waals surface area contributed by atoms with Gasteiger partial charge in [0.1, 0.15) is 0 Å². The van der Waals surface area contributed by atoms with Gasteiger partial charge in [0, 0.05) is 19.1 Å². The van der Waals surface area contributed by atoms with Crippen molar-refractivity contribution in [2.45, 2.75) is 64.8 Å². The van der Waals surface area contributed by atoms with Crippen LogP contribution in [-0.2, 0) is 4.79 Å². The summed E-state index contributed by atoms with van der Waals surface area (Å²) in [5.74, 6) is 0.935. The SMILES string of the molecule is CC1CCC(CN)(C(=O)NC(C)CN2CCCCC2)CC1. The largest absolute Gasteiger partial charge is 0.352 e. The molecular formula is C17H33N3O. The maximum Gasteiger partial charge on any atom is 0.227 e. The zero-order valence-electron chi connectivity index (χ0n) is 13.9. The van der Waals surface area contributed by atoms with Crippen LogP contribution in [-0.4, -0.2) is 43.0 Å². The molecule has 1 atom stereocenters. The van der Waals surface area contributed by atoms with Crippen LogP contribution in [0, 0.1) is 11.3 Å². The Morgan fingerprint density at radius 3 is 2.48 bits per heavy atom. The minimum Gasteiger partial charge on any atom is -0.352 e. The Hall–Kier alpha value is -0.610. The number of rotatable bonds is 5. The Bertz CT molecular complexity index is 331. The molecule has 0 aromatic rings. The van der Waals surface area contributed by atoms with Gasteiger partial charge in [-0.3, -0.25) is 4.79 Å². The second-order valence-electron chi connectivity index (χ2n) is 7.40. The van der Waals surface area contributed by atoms with Crippen molar-refractivity contribution in [3.05, 3.63) is 0 Å². The molecule has 1 saturated carbocycles. The molecule has 1 saturated heterocycles. The van der Waals surface area contributed by atoms with Crippen LogP contribution in [0.25, 0.3) is 0 Å². The van der Waals surface area contributed by atoms with Gasteiger partial charge in [-0.1, -0.05) is 13.3 Å². The monoisotopic (exact) mass is 295 g/mol. The van der Waals surface area contributed by atoms with E-state index in [1.165, 1.54) is 32.4 Å². The van der Waals surface area contributed by atoms with E-state index < -0.39 is 0 Å². The number of carbonyl (C=O) groups is 1. The average molecular weight is 295 g/mol. The van der Waals surface area contributed by atoms with E-state index in [4.69, 9.17) is 5.73 Å². The molecule has 4 nitrogen and oxygen atoms in total. The molecule has 0 bridgehead atoms. The van der Waals surface area contributed by atoms with Crippen LogP contribution in [0.5, 0.6) is 0 Å². The summed E-state index contributed by atoms with van der Waals surface area (Å²) in [6.45, 7) is 8.23. The predicted octanol–water partition coefficient (Wildman–Crippen LogP) is 2.13. The van der Waals surface area contributed by atoms with Crippen LogP contribution in [0.1, 0.15) is 58.8 Å². The number of amides is 1. The first-order valence-electron chi connectivity index (χ1n) is 8.79. The number of nitrogens with zero attached hydrogens (tertiary/aromatic N) is 1. The van der Waals surface area contributed by atoms with E-state index in [-0.39, 0.29) is 17.4 Å². The molecule has 122 valence electrons. The summed E-state index contributed by atoms with van der Waals surface area (Å²) in [6, 6.07) is 0.221. The van der Waals surface area contributed by atoms with Crippen molar-refractivity contribution in [2.75, 3.05) is 26.2 Å². The van der Waals surface area contributed by atoms with E-state index in [2.05, 4.69) is 24.1 Å². The van der Waals surface area contributed by atoms with Crippen molar-refractivity contribution >= 4 is 5.91 Å². The van der Waals surface area contributed by atoms with Gasteiger partial charge in [-0.15, -0.1) is 0 Å². The van der Waals surface area contributed by atoms with E-state index in [1.54, 1.807) is 0 Å². The summed E-state index contributed by atoms with van der Waals surface area (Å²) in [6.07, 6.45) is 8.11. The van der Waals surface area contributed by atoms with Crippen molar-refractivity contribution in [2.24, 2.45) is 17.1 Å². The Morgan fingerprint density at radius 1 is 1.29 bits per heavy atom. The average Bonchev–Trinajstić information content (AvgIpc) is 2.49. The number of nitrogens with one attached hydrogen (secondary N) is 1. The van der Waals surface area contributed by atoms with Crippen LogP contribution in [0.4, 0.5) is 0 Å². The Kier molecular flexibility index (Phi) is 6.06. The predicted molar refractivity (Wildman–Crippen MR) is 87.0 cm³/mol. The third-order valence-electron chi connectivity index (χ3n) is 5.46. The molecule has 1 amide bonds. The Morgan fingerprint density at radius 2 is 1.90 bits per heavy atom. The maximum atomic E-state index is 12.7. The zero-order valence-corrected chi connectivity index (χ0v) is 13.9. The van der Waals surface area contributed by atoms with Gasteiger partial charge in [0.25, 0.3) is 0 Å². The lowest BCUT2D eigenvalue weighted by molar-refractivity contribution is -0.133. The number of piperidine rings is 1. The molecule has 4 heteroatoms. The highest BCUT2D eigenvalue weighted by atomic mass is 16.2. The standard InChI is InChI=1S/C17H33N3O/c1-14-6-8-17(13-18,9-7-14)16(21)19-15(2)12-20-10-4-3-5-11-20/h14-15H,3-13,18H2,1-2H3,(H,19,21). The molecule has 1 aliphatic carbocycles. The summed E-state index contributed by atoms with van der Waals surface area (Å²) in [5.41, 5.74) is 5.67. The van der Waals surface area contributed by atoms with Crippen LogP contribution in [0.15, 0.2) is 0 Å². The minimum absolute atomic E-state index is 0.196. The third kappa shape index (κ3) is 4.43. The molecule has 21 heavy (non-hydrogen) atoms. The number of hydrogen-bond donors (Lipinski definition) is 2. The van der Waals surface area contributed by atoms with Gasteiger partial charge in [0.2, 0.25) is 5.91 Å². The lowest BCUT2D eigenvalue weighted by atomic mass is 9.70. The van der Waals surface area contributed by atoms with Crippen LogP contribution >= 0.6 is 0 Å². The van der Waals surface area contributed by atoms with Crippen LogP contribution < -0.4 is 11.1 Å². The van der Waals surface area contributed by atoms with Crippen LogP contribution in [0.2, 0.25) is 0 Å². The van der Waals surface area contributed by atoms with Crippen molar-refractivity contribution in [1.82, 2.24) is 10.2 Å². The number of carbonyl (C=O) groups excluding carboxylic acids is 1. The first-order chi connectivity index (χ1) is 10.1. The summed E-state index contributed by atoms with van der Waals surface area (Å²) >= 11 is 0. The summed E-state index contributed by atoms with van der Waals surface area (Å²) in [4.78, 5) is 15.2. The second-order valence-corrected chi connectivity index (χ2v) is 7.40. The molecule has 2 rings (SSSR count). The fourth-order valence-electron chi connectivity index (χ4n) is 3.79. The molecule has 2 aliphatic rings. The molecular weight excluding hydrogens is 262 g/mol. The summed E-state index contributed by atoms with van der Waals surface area (Å²) in [7, 11) is 0. The molecule has 0 radical (unpaired) electrons. The molecule has 1 unspecified atom stereocenters. The Balaban J connectivity index is 1.83. The van der Waals surface area contributed by atoms with Crippen molar-refractivity contribution in [3.63, 3.8) is 0 Å². The molecule has 1 aliphatic heterocycles. The molecule has 1 heterocycles. The van der Waals surface area contributed by atoms with Gasteiger partial charge in [-0.05, 0) is 64.5 Å². The fraction of sp³-hybridized carbons (Fsp3) is 0.941. The van der Waals surface area contributed by atoms with Crippen molar-refractivity contribution in [1.29, 1.82) is 0 Å². The minimum atomic E-state index is -0.303. The van der Waals surface area contributed by atoms with Gasteiger partial charge in [0.15, 0.2) is 0 Å². The van der Waals surface area contributed by atoms with E-state index in [0.717, 1.165) is 38.1 Å². The fourth-order valence-corrected chi connectivity index (χ4v) is 3.79. The molecule has 3 N–H and O–H groups in total.